The molecule has 2 N–H and O–H groups in total. The molecule has 1 aromatic carbocycles. The first-order valence-electron chi connectivity index (χ1n) is 13.8. The average molecular weight is 540 g/mol. The highest BCUT2D eigenvalue weighted by atomic mass is 16.7. The highest BCUT2D eigenvalue weighted by molar-refractivity contribution is 5.95. The highest BCUT2D eigenvalue weighted by Gasteiger charge is 2.43. The minimum absolute atomic E-state index is 0.129. The summed E-state index contributed by atoms with van der Waals surface area (Å²) in [6, 6.07) is 11.0. The predicted octanol–water partition coefficient (Wildman–Crippen LogP) is 2.37. The lowest BCUT2D eigenvalue weighted by atomic mass is 9.74. The number of rotatable bonds is 3. The number of cyclic esters (lactones) is 1. The Morgan fingerprint density at radius 2 is 1.77 bits per heavy atom. The lowest BCUT2D eigenvalue weighted by molar-refractivity contribution is -0.165. The smallest absolute Gasteiger partial charge is 0.312 e. The predicted molar refractivity (Wildman–Crippen MR) is 141 cm³/mol. The van der Waals surface area contributed by atoms with E-state index in [4.69, 9.17) is 14.2 Å². The van der Waals surface area contributed by atoms with Crippen LogP contribution in [-0.4, -0.2) is 88.7 Å². The molecule has 2 aromatic rings. The topological polar surface area (TPSA) is 122 Å². The Balaban J connectivity index is 1.25. The quantitative estimate of drug-likeness (QED) is 0.566. The van der Waals surface area contributed by atoms with Gasteiger partial charge in [0.1, 0.15) is 12.7 Å². The van der Waals surface area contributed by atoms with Gasteiger partial charge in [0.2, 0.25) is 6.79 Å². The maximum atomic E-state index is 13.4. The molecular weight excluding hydrogens is 502 g/mol. The Labute approximate surface area is 228 Å². The first-order chi connectivity index (χ1) is 18.9. The SMILES string of the molecule is O=C(c1ccc2c(c1)OCO2)N1CCCCC2(CCN(Cc3ccccn3)CC2)C(=O)OC[C@@H](O)[C@@H](O)CC1. The molecule has 39 heavy (non-hydrogen) atoms. The molecule has 0 aliphatic carbocycles. The van der Waals surface area contributed by atoms with E-state index in [-0.39, 0.29) is 38.2 Å². The van der Waals surface area contributed by atoms with Gasteiger partial charge < -0.3 is 29.3 Å². The van der Waals surface area contributed by atoms with E-state index in [1.165, 1.54) is 0 Å². The summed E-state index contributed by atoms with van der Waals surface area (Å²) < 4.78 is 16.4. The molecule has 3 aliphatic rings. The molecule has 0 unspecified atom stereocenters. The van der Waals surface area contributed by atoms with E-state index in [9.17, 15) is 19.8 Å². The van der Waals surface area contributed by atoms with Crippen LogP contribution in [0.5, 0.6) is 11.5 Å². The monoisotopic (exact) mass is 539 g/mol. The third-order valence-electron chi connectivity index (χ3n) is 8.12. The van der Waals surface area contributed by atoms with Crippen molar-refractivity contribution in [2.45, 2.75) is 57.3 Å². The number of ether oxygens (including phenoxy) is 3. The van der Waals surface area contributed by atoms with Gasteiger partial charge in [0.25, 0.3) is 5.91 Å². The summed E-state index contributed by atoms with van der Waals surface area (Å²) >= 11 is 0. The van der Waals surface area contributed by atoms with Gasteiger partial charge in [-0.15, -0.1) is 0 Å². The molecule has 0 radical (unpaired) electrons. The summed E-state index contributed by atoms with van der Waals surface area (Å²) in [4.78, 5) is 35.1. The molecule has 2 fully saturated rings. The van der Waals surface area contributed by atoms with Crippen molar-refractivity contribution in [3.05, 3.63) is 53.9 Å². The summed E-state index contributed by atoms with van der Waals surface area (Å²) in [5.74, 6) is 0.665. The van der Waals surface area contributed by atoms with Crippen molar-refractivity contribution in [3.63, 3.8) is 0 Å². The molecule has 1 amide bonds. The van der Waals surface area contributed by atoms with Crippen LogP contribution in [0.2, 0.25) is 0 Å². The van der Waals surface area contributed by atoms with Gasteiger partial charge >= 0.3 is 5.97 Å². The number of likely N-dealkylation sites (tertiary alicyclic amines) is 1. The average Bonchev–Trinajstić information content (AvgIpc) is 3.44. The van der Waals surface area contributed by atoms with E-state index < -0.39 is 17.6 Å². The van der Waals surface area contributed by atoms with Crippen molar-refractivity contribution in [3.8, 4) is 11.5 Å². The van der Waals surface area contributed by atoms with Crippen molar-refractivity contribution in [1.82, 2.24) is 14.8 Å². The Morgan fingerprint density at radius 3 is 2.56 bits per heavy atom. The highest BCUT2D eigenvalue weighted by Crippen LogP contribution is 2.39. The van der Waals surface area contributed by atoms with Crippen LogP contribution < -0.4 is 9.47 Å². The maximum absolute atomic E-state index is 13.4. The molecule has 0 bridgehead atoms. The van der Waals surface area contributed by atoms with Gasteiger partial charge in [-0.1, -0.05) is 12.5 Å². The van der Waals surface area contributed by atoms with E-state index in [1.54, 1.807) is 29.3 Å². The standard InChI is InChI=1S/C29H37N3O7/c33-23-8-14-32(27(35)21-6-7-25-26(17-21)39-20-38-25)13-4-2-9-29(28(36)37-19-24(23)34)10-15-31(16-11-29)18-22-5-1-3-12-30-22/h1,3,5-7,12,17,23-24,33-34H,2,4,8-11,13-16,18-20H2/t23-,24+/m0/s1. The Hall–Kier alpha value is -3.21. The zero-order chi connectivity index (χ0) is 27.2. The molecule has 1 spiro atoms. The van der Waals surface area contributed by atoms with Crippen LogP contribution in [0.1, 0.15) is 54.6 Å². The van der Waals surface area contributed by atoms with E-state index in [2.05, 4.69) is 9.88 Å². The van der Waals surface area contributed by atoms with Crippen molar-refractivity contribution in [1.29, 1.82) is 0 Å². The van der Waals surface area contributed by atoms with Crippen LogP contribution in [0.3, 0.4) is 0 Å². The number of carbonyl (C=O) groups is 2. The lowest BCUT2D eigenvalue weighted by Crippen LogP contribution is -2.46. The molecule has 5 rings (SSSR count). The first-order valence-corrected chi connectivity index (χ1v) is 13.8. The van der Waals surface area contributed by atoms with Gasteiger partial charge in [0, 0.05) is 31.4 Å². The molecule has 3 aliphatic heterocycles. The van der Waals surface area contributed by atoms with Crippen molar-refractivity contribution in [2.75, 3.05) is 39.6 Å². The number of hydrogen-bond acceptors (Lipinski definition) is 9. The third-order valence-corrected chi connectivity index (χ3v) is 8.12. The van der Waals surface area contributed by atoms with Crippen molar-refractivity contribution in [2.24, 2.45) is 5.41 Å². The summed E-state index contributed by atoms with van der Waals surface area (Å²) in [5.41, 5.74) is 0.829. The second kappa shape index (κ2) is 12.3. The van der Waals surface area contributed by atoms with E-state index in [1.807, 2.05) is 18.2 Å². The van der Waals surface area contributed by atoms with Crippen LogP contribution in [0.4, 0.5) is 0 Å². The van der Waals surface area contributed by atoms with Crippen LogP contribution in [0, 0.1) is 5.41 Å². The molecule has 210 valence electrons. The zero-order valence-corrected chi connectivity index (χ0v) is 22.2. The fourth-order valence-corrected chi connectivity index (χ4v) is 5.61. The van der Waals surface area contributed by atoms with Gasteiger partial charge in [-0.05, 0) is 75.5 Å². The second-order valence-electron chi connectivity index (χ2n) is 10.7. The number of fused-ring (bicyclic) bond motifs is 1. The molecule has 10 nitrogen and oxygen atoms in total. The number of aliphatic hydroxyl groups excluding tert-OH is 2. The van der Waals surface area contributed by atoms with Gasteiger partial charge in [-0.25, -0.2) is 0 Å². The number of piperidine rings is 1. The zero-order valence-electron chi connectivity index (χ0n) is 22.2. The summed E-state index contributed by atoms with van der Waals surface area (Å²) in [5, 5.41) is 21.1. The number of nitrogens with zero attached hydrogens (tertiary/aromatic N) is 3. The molecule has 1 aromatic heterocycles. The van der Waals surface area contributed by atoms with Crippen LogP contribution in [-0.2, 0) is 16.1 Å². The number of benzene rings is 1. The molecule has 2 atom stereocenters. The number of hydrogen-bond donors (Lipinski definition) is 2. The number of aliphatic hydroxyl groups is 2. The molecule has 0 saturated carbocycles. The van der Waals surface area contributed by atoms with Crippen LogP contribution >= 0.6 is 0 Å². The molecule has 4 heterocycles. The number of carbonyl (C=O) groups excluding carboxylic acids is 2. The van der Waals surface area contributed by atoms with Gasteiger partial charge in [-0.3, -0.25) is 19.5 Å². The third kappa shape index (κ3) is 6.51. The molecule has 10 heteroatoms. The number of aromatic nitrogens is 1. The van der Waals surface area contributed by atoms with Crippen LogP contribution in [0.15, 0.2) is 42.6 Å². The molecular formula is C29H37N3O7. The Morgan fingerprint density at radius 1 is 0.949 bits per heavy atom. The van der Waals surface area contributed by atoms with Crippen LogP contribution in [0.25, 0.3) is 0 Å². The van der Waals surface area contributed by atoms with Gasteiger partial charge in [-0.2, -0.15) is 0 Å². The number of amides is 1. The molecule has 2 saturated heterocycles. The first kappa shape index (κ1) is 27.4. The van der Waals surface area contributed by atoms with E-state index in [0.29, 0.717) is 49.3 Å². The second-order valence-corrected chi connectivity index (χ2v) is 10.7. The van der Waals surface area contributed by atoms with Gasteiger partial charge in [0.05, 0.1) is 17.2 Å². The van der Waals surface area contributed by atoms with Crippen molar-refractivity contribution < 1.29 is 34.0 Å². The summed E-state index contributed by atoms with van der Waals surface area (Å²) in [6.07, 6.45) is 3.02. The fraction of sp³-hybridized carbons (Fsp3) is 0.552. The van der Waals surface area contributed by atoms with E-state index in [0.717, 1.165) is 31.7 Å². The maximum Gasteiger partial charge on any atom is 0.312 e. The summed E-state index contributed by atoms with van der Waals surface area (Å²) in [6.45, 7) is 2.82. The number of pyridine rings is 1. The number of esters is 1. The minimum Gasteiger partial charge on any atom is -0.462 e. The van der Waals surface area contributed by atoms with E-state index >= 15 is 0 Å². The summed E-state index contributed by atoms with van der Waals surface area (Å²) in [7, 11) is 0. The van der Waals surface area contributed by atoms with Crippen molar-refractivity contribution >= 4 is 11.9 Å². The minimum atomic E-state index is -1.22. The lowest BCUT2D eigenvalue weighted by Gasteiger charge is -2.40. The fourth-order valence-electron chi connectivity index (χ4n) is 5.61. The largest absolute Gasteiger partial charge is 0.462 e. The Kier molecular flexibility index (Phi) is 8.64. The normalized spacial score (nSPS) is 24.4. The Bertz CT molecular complexity index is 1140. The van der Waals surface area contributed by atoms with Gasteiger partial charge in [0.15, 0.2) is 11.5 Å².